The molecule has 164 valence electrons. The molecule has 0 aliphatic rings. The summed E-state index contributed by atoms with van der Waals surface area (Å²) in [5.41, 5.74) is 2.04. The Kier molecular flexibility index (Phi) is 5.91. The van der Waals surface area contributed by atoms with Gasteiger partial charge in [0.05, 0.1) is 17.8 Å². The first-order chi connectivity index (χ1) is 15.4. The van der Waals surface area contributed by atoms with Crippen LogP contribution in [0.1, 0.15) is 11.4 Å². The number of benzene rings is 2. The number of carbonyl (C=O) groups is 1. The maximum atomic E-state index is 13.3. The van der Waals surface area contributed by atoms with Gasteiger partial charge >= 0.3 is 5.69 Å². The van der Waals surface area contributed by atoms with Crippen molar-refractivity contribution in [3.63, 3.8) is 0 Å². The summed E-state index contributed by atoms with van der Waals surface area (Å²) in [5.74, 6) is 0.222. The Hall–Kier alpha value is -3.72. The first-order valence-corrected chi connectivity index (χ1v) is 10.1. The van der Waals surface area contributed by atoms with Crippen LogP contribution < -0.4 is 15.7 Å². The Morgan fingerprint density at radius 2 is 1.94 bits per heavy atom. The predicted octanol–water partition coefficient (Wildman–Crippen LogP) is 2.98. The summed E-state index contributed by atoms with van der Waals surface area (Å²) in [4.78, 5) is 29.6. The quantitative estimate of drug-likeness (QED) is 0.482. The summed E-state index contributed by atoms with van der Waals surface area (Å²) in [5, 5.41) is 6.93. The number of carbonyl (C=O) groups excluding carboxylic acids is 1. The summed E-state index contributed by atoms with van der Waals surface area (Å²) < 4.78 is 20.9. The third-order valence-corrected chi connectivity index (χ3v) is 5.18. The number of aromatic nitrogens is 4. The molecule has 8 nitrogen and oxygen atoms in total. The fourth-order valence-electron chi connectivity index (χ4n) is 3.26. The van der Waals surface area contributed by atoms with Crippen molar-refractivity contribution >= 4 is 23.2 Å². The second kappa shape index (κ2) is 8.80. The first-order valence-electron chi connectivity index (χ1n) is 9.68. The predicted molar refractivity (Wildman–Crippen MR) is 117 cm³/mol. The standard InChI is InChI=1S/C22H19ClFN5O3/c1-13-26-19(15-4-6-16(32-2)7-5-15)10-20-27-28(22(31)29(13)20)12-21(30)25-11-14-3-8-18(24)17(23)9-14/h3-10H,11-12H2,1-2H3,(H,25,30). The molecule has 0 atom stereocenters. The van der Waals surface area contributed by atoms with Gasteiger partial charge < -0.3 is 10.1 Å². The van der Waals surface area contributed by atoms with E-state index in [1.165, 1.54) is 22.6 Å². The van der Waals surface area contributed by atoms with Crippen LogP contribution in [-0.2, 0) is 17.9 Å². The topological polar surface area (TPSA) is 90.5 Å². The van der Waals surface area contributed by atoms with E-state index in [1.54, 1.807) is 20.1 Å². The van der Waals surface area contributed by atoms with Gasteiger partial charge in [-0.1, -0.05) is 17.7 Å². The van der Waals surface area contributed by atoms with E-state index in [-0.39, 0.29) is 18.1 Å². The zero-order valence-corrected chi connectivity index (χ0v) is 18.1. The molecule has 0 saturated heterocycles. The molecule has 0 fully saturated rings. The van der Waals surface area contributed by atoms with Crippen molar-refractivity contribution in [2.24, 2.45) is 0 Å². The van der Waals surface area contributed by atoms with Crippen LogP contribution in [0.5, 0.6) is 5.75 Å². The van der Waals surface area contributed by atoms with Crippen molar-refractivity contribution in [1.82, 2.24) is 24.5 Å². The zero-order chi connectivity index (χ0) is 22.8. The molecule has 1 N–H and O–H groups in total. The van der Waals surface area contributed by atoms with Crippen LogP contribution in [0.25, 0.3) is 16.9 Å². The number of fused-ring (bicyclic) bond motifs is 1. The zero-order valence-electron chi connectivity index (χ0n) is 17.3. The van der Waals surface area contributed by atoms with Gasteiger partial charge in [0.1, 0.15) is 23.9 Å². The van der Waals surface area contributed by atoms with E-state index in [1.807, 2.05) is 24.3 Å². The van der Waals surface area contributed by atoms with Crippen LogP contribution in [-0.4, -0.2) is 32.2 Å². The lowest BCUT2D eigenvalue weighted by Crippen LogP contribution is -2.32. The van der Waals surface area contributed by atoms with Crippen molar-refractivity contribution in [1.29, 1.82) is 0 Å². The lowest BCUT2D eigenvalue weighted by molar-refractivity contribution is -0.122. The summed E-state index contributed by atoms with van der Waals surface area (Å²) in [6.07, 6.45) is 0. The van der Waals surface area contributed by atoms with E-state index < -0.39 is 17.4 Å². The highest BCUT2D eigenvalue weighted by Crippen LogP contribution is 2.22. The highest BCUT2D eigenvalue weighted by Gasteiger charge is 2.15. The lowest BCUT2D eigenvalue weighted by atomic mass is 10.1. The minimum atomic E-state index is -0.531. The monoisotopic (exact) mass is 455 g/mol. The molecule has 10 heteroatoms. The van der Waals surface area contributed by atoms with Gasteiger partial charge in [0.25, 0.3) is 0 Å². The Bertz CT molecular complexity index is 1360. The van der Waals surface area contributed by atoms with Gasteiger partial charge in [-0.2, -0.15) is 0 Å². The minimum Gasteiger partial charge on any atom is -0.497 e. The van der Waals surface area contributed by atoms with Crippen molar-refractivity contribution in [2.45, 2.75) is 20.0 Å². The molecule has 4 rings (SSSR count). The van der Waals surface area contributed by atoms with Gasteiger partial charge in [0.15, 0.2) is 5.65 Å². The number of rotatable bonds is 6. The summed E-state index contributed by atoms with van der Waals surface area (Å²) in [6.45, 7) is 1.57. The lowest BCUT2D eigenvalue weighted by Gasteiger charge is -2.05. The van der Waals surface area contributed by atoms with Crippen LogP contribution in [0.4, 0.5) is 4.39 Å². The second-order valence-electron chi connectivity index (χ2n) is 7.08. The Labute approximate surface area is 187 Å². The maximum Gasteiger partial charge on any atom is 0.352 e. The van der Waals surface area contributed by atoms with Gasteiger partial charge in [-0.05, 0) is 48.9 Å². The SMILES string of the molecule is COc1ccc(-c2cc3nn(CC(=O)NCc4ccc(F)c(Cl)c4)c(=O)n3c(C)n2)cc1. The number of hydrogen-bond donors (Lipinski definition) is 1. The van der Waals surface area contributed by atoms with Crippen molar-refractivity contribution in [3.8, 4) is 17.0 Å². The minimum absolute atomic E-state index is 0.0241. The van der Waals surface area contributed by atoms with E-state index in [0.717, 1.165) is 16.0 Å². The van der Waals surface area contributed by atoms with Crippen molar-refractivity contribution in [2.75, 3.05) is 7.11 Å². The van der Waals surface area contributed by atoms with Gasteiger partial charge in [-0.3, -0.25) is 4.79 Å². The van der Waals surface area contributed by atoms with Crippen molar-refractivity contribution < 1.29 is 13.9 Å². The van der Waals surface area contributed by atoms with Crippen molar-refractivity contribution in [3.05, 3.63) is 81.2 Å². The molecule has 2 aromatic heterocycles. The van der Waals surface area contributed by atoms with E-state index in [9.17, 15) is 14.0 Å². The molecule has 0 aliphatic heterocycles. The van der Waals surface area contributed by atoms with E-state index in [4.69, 9.17) is 16.3 Å². The summed E-state index contributed by atoms with van der Waals surface area (Å²) in [7, 11) is 1.59. The Balaban J connectivity index is 1.54. The number of ether oxygens (including phenoxy) is 1. The van der Waals surface area contributed by atoms with Gasteiger partial charge in [-0.15, -0.1) is 5.10 Å². The number of halogens is 2. The van der Waals surface area contributed by atoms with Gasteiger partial charge in [0.2, 0.25) is 5.91 Å². The molecule has 32 heavy (non-hydrogen) atoms. The number of hydrogen-bond acceptors (Lipinski definition) is 5. The third kappa shape index (κ3) is 4.33. The second-order valence-corrected chi connectivity index (χ2v) is 7.48. The molecular formula is C22H19ClFN5O3. The smallest absolute Gasteiger partial charge is 0.352 e. The number of nitrogens with zero attached hydrogens (tertiary/aromatic N) is 4. The van der Waals surface area contributed by atoms with Crippen LogP contribution in [0.15, 0.2) is 53.3 Å². The molecule has 2 heterocycles. The average molecular weight is 456 g/mol. The molecule has 4 aromatic rings. The van der Waals surface area contributed by atoms with Crippen LogP contribution in [0.2, 0.25) is 5.02 Å². The van der Waals surface area contributed by atoms with E-state index in [2.05, 4.69) is 15.4 Å². The molecule has 0 saturated carbocycles. The fourth-order valence-corrected chi connectivity index (χ4v) is 3.46. The number of aryl methyl sites for hydroxylation is 1. The molecule has 0 aliphatic carbocycles. The maximum absolute atomic E-state index is 13.3. The molecular weight excluding hydrogens is 437 g/mol. The molecule has 0 radical (unpaired) electrons. The fraction of sp³-hybridized carbons (Fsp3) is 0.182. The number of nitrogens with one attached hydrogen (secondary N) is 1. The highest BCUT2D eigenvalue weighted by atomic mass is 35.5. The van der Waals surface area contributed by atoms with Crippen LogP contribution in [0, 0.1) is 12.7 Å². The van der Waals surface area contributed by atoms with Crippen LogP contribution in [0.3, 0.4) is 0 Å². The Morgan fingerprint density at radius 3 is 2.62 bits per heavy atom. The van der Waals surface area contributed by atoms with Gasteiger partial charge in [-0.25, -0.2) is 23.3 Å². The molecule has 0 spiro atoms. The average Bonchev–Trinajstić information content (AvgIpc) is 3.10. The summed E-state index contributed by atoms with van der Waals surface area (Å²) in [6, 6.07) is 13.2. The number of amides is 1. The molecule has 0 bridgehead atoms. The Morgan fingerprint density at radius 1 is 1.19 bits per heavy atom. The first kappa shape index (κ1) is 21.5. The molecule has 2 aromatic carbocycles. The largest absolute Gasteiger partial charge is 0.497 e. The molecule has 0 unspecified atom stereocenters. The van der Waals surface area contributed by atoms with Crippen LogP contribution >= 0.6 is 11.6 Å². The molecule has 1 amide bonds. The van der Waals surface area contributed by atoms with Gasteiger partial charge in [0, 0.05) is 18.2 Å². The number of methoxy groups -OCH3 is 1. The van der Waals surface area contributed by atoms with E-state index >= 15 is 0 Å². The third-order valence-electron chi connectivity index (χ3n) is 4.89. The van der Waals surface area contributed by atoms with E-state index in [0.29, 0.717) is 22.7 Å². The normalized spacial score (nSPS) is 11.0. The highest BCUT2D eigenvalue weighted by molar-refractivity contribution is 6.30. The summed E-state index contributed by atoms with van der Waals surface area (Å²) >= 11 is 5.75.